The van der Waals surface area contributed by atoms with Gasteiger partial charge in [-0.25, -0.2) is 4.79 Å². The summed E-state index contributed by atoms with van der Waals surface area (Å²) in [5.41, 5.74) is 0.209. The lowest BCUT2D eigenvalue weighted by molar-refractivity contribution is -0.125. The number of nitrogens with zero attached hydrogens (tertiary/aromatic N) is 1. The monoisotopic (exact) mass is 390 g/mol. The molecule has 0 spiro atoms. The molecule has 0 radical (unpaired) electrons. The number of nitrogens with one attached hydrogen (secondary N) is 1. The van der Waals surface area contributed by atoms with Crippen LogP contribution in [0.2, 0.25) is 0 Å². The van der Waals surface area contributed by atoms with Crippen molar-refractivity contribution in [3.05, 3.63) is 29.8 Å². The van der Waals surface area contributed by atoms with Crippen molar-refractivity contribution >= 4 is 23.8 Å². The summed E-state index contributed by atoms with van der Waals surface area (Å²) >= 11 is 1.69. The smallest absolute Gasteiger partial charge is 0.410 e. The fourth-order valence-electron chi connectivity index (χ4n) is 4.01. The molecular weight excluding hydrogens is 360 g/mol. The lowest BCUT2D eigenvalue weighted by atomic mass is 9.93. The van der Waals surface area contributed by atoms with E-state index in [2.05, 4.69) is 17.4 Å². The average Bonchev–Trinajstić information content (AvgIpc) is 3.07. The number of fused-ring (bicyclic) bond motifs is 1. The van der Waals surface area contributed by atoms with Gasteiger partial charge in [0.15, 0.2) is 0 Å². The van der Waals surface area contributed by atoms with Crippen molar-refractivity contribution in [3.63, 3.8) is 0 Å². The van der Waals surface area contributed by atoms with Crippen LogP contribution in [0.15, 0.2) is 29.2 Å². The van der Waals surface area contributed by atoms with E-state index in [1.165, 1.54) is 4.90 Å². The van der Waals surface area contributed by atoms with Gasteiger partial charge in [-0.2, -0.15) is 0 Å². The molecule has 27 heavy (non-hydrogen) atoms. The van der Waals surface area contributed by atoms with Gasteiger partial charge in [0.1, 0.15) is 5.60 Å². The summed E-state index contributed by atoms with van der Waals surface area (Å²) in [6, 6.07) is 8.18. The molecule has 3 atom stereocenters. The molecule has 1 N–H and O–H groups in total. The number of benzene rings is 1. The molecule has 1 aliphatic heterocycles. The number of ether oxygens (including phenoxy) is 1. The van der Waals surface area contributed by atoms with Crippen LogP contribution >= 0.6 is 11.8 Å². The number of likely N-dealkylation sites (tertiary alicyclic amines) is 1. The van der Waals surface area contributed by atoms with Crippen LogP contribution in [0.3, 0.4) is 0 Å². The fourth-order valence-corrected chi connectivity index (χ4v) is 4.77. The van der Waals surface area contributed by atoms with Gasteiger partial charge in [0.25, 0.3) is 0 Å². The van der Waals surface area contributed by atoms with E-state index >= 15 is 0 Å². The number of rotatable bonds is 4. The Balaban J connectivity index is 1.58. The Hall–Kier alpha value is -1.69. The van der Waals surface area contributed by atoms with Crippen LogP contribution in [0, 0.1) is 17.8 Å². The second-order valence-electron chi connectivity index (χ2n) is 9.05. The molecule has 6 heteroatoms. The van der Waals surface area contributed by atoms with Gasteiger partial charge < -0.3 is 15.0 Å². The van der Waals surface area contributed by atoms with Gasteiger partial charge in [0, 0.05) is 23.9 Å². The summed E-state index contributed by atoms with van der Waals surface area (Å²) in [4.78, 5) is 28.0. The van der Waals surface area contributed by atoms with E-state index in [1.54, 1.807) is 16.7 Å². The molecule has 1 aromatic carbocycles. The average molecular weight is 391 g/mol. The van der Waals surface area contributed by atoms with Crippen molar-refractivity contribution in [3.8, 4) is 0 Å². The second-order valence-corrected chi connectivity index (χ2v) is 9.90. The zero-order valence-corrected chi connectivity index (χ0v) is 17.9. The van der Waals surface area contributed by atoms with Crippen molar-refractivity contribution in [2.24, 2.45) is 17.8 Å². The van der Waals surface area contributed by atoms with E-state index in [4.69, 9.17) is 4.74 Å². The number of hydrogen-bond donors (Lipinski definition) is 1. The third-order valence-corrected chi connectivity index (χ3v) is 6.16. The molecular formula is C21H30N2O3S. The lowest BCUT2D eigenvalue weighted by Gasteiger charge is -2.30. The Bertz CT molecular complexity index is 729. The second kappa shape index (κ2) is 7.04. The topological polar surface area (TPSA) is 58.6 Å². The van der Waals surface area contributed by atoms with E-state index in [0.29, 0.717) is 13.1 Å². The van der Waals surface area contributed by atoms with E-state index < -0.39 is 11.1 Å². The molecule has 2 aliphatic rings. The minimum atomic E-state index is -0.491. The summed E-state index contributed by atoms with van der Waals surface area (Å²) in [5.74, 6) is 0.604. The number of piperidine rings is 1. The van der Waals surface area contributed by atoms with Crippen LogP contribution < -0.4 is 5.32 Å². The predicted octanol–water partition coefficient (Wildman–Crippen LogP) is 3.87. The van der Waals surface area contributed by atoms with E-state index in [9.17, 15) is 9.59 Å². The molecule has 2 amide bonds. The maximum atomic E-state index is 12.9. The number of amides is 2. The molecule has 0 bridgehead atoms. The summed E-state index contributed by atoms with van der Waals surface area (Å²) in [7, 11) is 0. The molecule has 1 saturated carbocycles. The number of carbonyl (C=O) groups excluding carboxylic acids is 2. The van der Waals surface area contributed by atoms with Crippen LogP contribution in [-0.4, -0.2) is 41.8 Å². The van der Waals surface area contributed by atoms with Gasteiger partial charge in [0.2, 0.25) is 5.91 Å². The zero-order chi connectivity index (χ0) is 20.0. The summed E-state index contributed by atoms with van der Waals surface area (Å²) in [5, 5.41) is 3.23. The Morgan fingerprint density at radius 1 is 1.11 bits per heavy atom. The van der Waals surface area contributed by atoms with Crippen molar-refractivity contribution in [2.45, 2.75) is 50.7 Å². The van der Waals surface area contributed by atoms with Crippen molar-refractivity contribution in [1.29, 1.82) is 0 Å². The molecule has 0 aromatic heterocycles. The van der Waals surface area contributed by atoms with Crippen LogP contribution in [0.1, 0.15) is 40.2 Å². The number of hydrogen-bond acceptors (Lipinski definition) is 4. The highest BCUT2D eigenvalue weighted by Gasteiger charge is 2.61. The largest absolute Gasteiger partial charge is 0.444 e. The van der Waals surface area contributed by atoms with Gasteiger partial charge in [-0.15, -0.1) is 11.8 Å². The van der Waals surface area contributed by atoms with Crippen LogP contribution in [0.5, 0.6) is 0 Å². The SMILES string of the molecule is CSc1ccccc1C(C)(C)NC(=O)[C@H]1[C@@H]2CN(C(=O)OC(C)(C)C)C[C@@H]21. The van der Waals surface area contributed by atoms with Crippen molar-refractivity contribution in [1.82, 2.24) is 10.2 Å². The molecule has 2 fully saturated rings. The normalized spacial score (nSPS) is 24.4. The third-order valence-electron chi connectivity index (χ3n) is 5.36. The van der Waals surface area contributed by atoms with Gasteiger partial charge in [-0.3, -0.25) is 4.79 Å². The molecule has 5 nitrogen and oxygen atoms in total. The highest BCUT2D eigenvalue weighted by atomic mass is 32.2. The van der Waals surface area contributed by atoms with Crippen molar-refractivity contribution < 1.29 is 14.3 Å². The Kier molecular flexibility index (Phi) is 5.23. The summed E-state index contributed by atoms with van der Waals surface area (Å²) < 4.78 is 5.43. The summed E-state index contributed by atoms with van der Waals surface area (Å²) in [6.45, 7) is 10.9. The Labute approximate surface area is 166 Å². The highest BCUT2D eigenvalue weighted by Crippen LogP contribution is 2.52. The first-order valence-electron chi connectivity index (χ1n) is 9.47. The van der Waals surface area contributed by atoms with Gasteiger partial charge in [-0.1, -0.05) is 18.2 Å². The first-order chi connectivity index (χ1) is 12.5. The lowest BCUT2D eigenvalue weighted by Crippen LogP contribution is -2.44. The number of thioether (sulfide) groups is 1. The first kappa shape index (κ1) is 20.1. The standard InChI is InChI=1S/C21H30N2O3S/c1-20(2,3)26-19(25)23-11-13-14(12-23)17(13)18(24)22-21(4,5)15-9-7-8-10-16(15)27-6/h7-10,13-14,17H,11-12H2,1-6H3,(H,22,24)/t13-,14+,17+. The van der Waals surface area contributed by atoms with Crippen LogP contribution in [0.4, 0.5) is 4.79 Å². The van der Waals surface area contributed by atoms with E-state index in [-0.39, 0.29) is 29.8 Å². The fraction of sp³-hybridized carbons (Fsp3) is 0.619. The maximum Gasteiger partial charge on any atom is 0.410 e. The van der Waals surface area contributed by atoms with E-state index in [1.807, 2.05) is 53.0 Å². The molecule has 1 aromatic rings. The Morgan fingerprint density at radius 3 is 2.26 bits per heavy atom. The van der Waals surface area contributed by atoms with Gasteiger partial charge >= 0.3 is 6.09 Å². The quantitative estimate of drug-likeness (QED) is 0.793. The summed E-state index contributed by atoms with van der Waals surface area (Å²) in [6.07, 6.45) is 1.77. The van der Waals surface area contributed by atoms with E-state index in [0.717, 1.165) is 5.56 Å². The molecule has 1 heterocycles. The molecule has 3 rings (SSSR count). The number of carbonyl (C=O) groups is 2. The molecule has 148 valence electrons. The minimum Gasteiger partial charge on any atom is -0.444 e. The van der Waals surface area contributed by atoms with Gasteiger partial charge in [0.05, 0.1) is 5.54 Å². The third kappa shape index (κ3) is 4.26. The predicted molar refractivity (Wildman–Crippen MR) is 108 cm³/mol. The first-order valence-corrected chi connectivity index (χ1v) is 10.7. The molecule has 1 aliphatic carbocycles. The van der Waals surface area contributed by atoms with Crippen LogP contribution in [-0.2, 0) is 15.1 Å². The van der Waals surface area contributed by atoms with Crippen LogP contribution in [0.25, 0.3) is 0 Å². The van der Waals surface area contributed by atoms with Crippen molar-refractivity contribution in [2.75, 3.05) is 19.3 Å². The maximum absolute atomic E-state index is 12.9. The Morgan fingerprint density at radius 2 is 1.70 bits per heavy atom. The highest BCUT2D eigenvalue weighted by molar-refractivity contribution is 7.98. The molecule has 1 saturated heterocycles. The molecule has 0 unspecified atom stereocenters. The minimum absolute atomic E-state index is 0.00408. The zero-order valence-electron chi connectivity index (χ0n) is 17.0. The van der Waals surface area contributed by atoms with Gasteiger partial charge in [-0.05, 0) is 64.3 Å².